The Labute approximate surface area is 212 Å². The van der Waals surface area contributed by atoms with E-state index in [4.69, 9.17) is 4.98 Å². The van der Waals surface area contributed by atoms with Gasteiger partial charge in [0.15, 0.2) is 11.5 Å². The molecule has 5 heterocycles. The van der Waals surface area contributed by atoms with Gasteiger partial charge in [-0.05, 0) is 50.2 Å². The largest absolute Gasteiger partial charge is 0.389 e. The van der Waals surface area contributed by atoms with Crippen LogP contribution in [0.25, 0.3) is 33.9 Å². The van der Waals surface area contributed by atoms with Gasteiger partial charge in [0.05, 0.1) is 22.8 Å². The van der Waals surface area contributed by atoms with Crippen molar-refractivity contribution in [1.29, 1.82) is 5.26 Å². The highest BCUT2D eigenvalue weighted by atomic mass is 16.3. The molecule has 0 aliphatic carbocycles. The molecule has 0 bridgehead atoms. The first kappa shape index (κ1) is 22.6. The van der Waals surface area contributed by atoms with Crippen LogP contribution in [-0.4, -0.2) is 52.3 Å². The number of benzene rings is 1. The lowest BCUT2D eigenvalue weighted by molar-refractivity contribution is 0.0812. The Morgan fingerprint density at radius 2 is 1.95 bits per heavy atom. The van der Waals surface area contributed by atoms with Crippen LogP contribution in [0.4, 0.5) is 0 Å². The molecule has 1 amide bonds. The molecule has 1 atom stereocenters. The quantitative estimate of drug-likeness (QED) is 0.409. The molecule has 182 valence electrons. The van der Waals surface area contributed by atoms with Crippen LogP contribution in [0, 0.1) is 18.3 Å². The number of pyridine rings is 2. The first-order valence-corrected chi connectivity index (χ1v) is 11.7. The maximum Gasteiger partial charge on any atom is 0.272 e. The number of rotatable bonds is 4. The van der Waals surface area contributed by atoms with Crippen molar-refractivity contribution in [2.24, 2.45) is 0 Å². The predicted molar refractivity (Wildman–Crippen MR) is 135 cm³/mol. The smallest absolute Gasteiger partial charge is 0.272 e. The van der Waals surface area contributed by atoms with E-state index < -0.39 is 6.10 Å². The number of carbonyl (C=O) groups excluding carboxylic acids is 1. The topological polar surface area (TPSA) is 126 Å². The zero-order valence-corrected chi connectivity index (χ0v) is 20.4. The lowest BCUT2D eigenvalue weighted by Gasteiger charge is -2.15. The molecule has 0 radical (unpaired) electrons. The van der Waals surface area contributed by atoms with Crippen LogP contribution in [0.1, 0.15) is 46.0 Å². The van der Waals surface area contributed by atoms with Gasteiger partial charge < -0.3 is 10.0 Å². The number of hydrogen-bond donors (Lipinski definition) is 1. The summed E-state index contributed by atoms with van der Waals surface area (Å²) in [5.74, 6) is 0.935. The van der Waals surface area contributed by atoms with E-state index in [1.165, 1.54) is 0 Å². The van der Waals surface area contributed by atoms with Crippen molar-refractivity contribution in [2.45, 2.75) is 26.5 Å². The van der Waals surface area contributed by atoms with E-state index in [2.05, 4.69) is 15.1 Å². The molecule has 37 heavy (non-hydrogen) atoms. The second kappa shape index (κ2) is 8.36. The first-order valence-electron chi connectivity index (χ1n) is 11.7. The molecule has 4 aromatic heterocycles. The van der Waals surface area contributed by atoms with Gasteiger partial charge in [-0.2, -0.15) is 10.4 Å². The standard InChI is InChI=1S/C27H22N8O2/c1-15-10-19(12-28)32-35(15)26-20(16(2)36)6-9-24(31-26)34-14-29-22-8-4-17(11-23(22)34)21-7-5-18-13-33(3)27(37)25(18)30-21/h4-11,14,16,36H,13H2,1-3H3. The maximum absolute atomic E-state index is 12.5. The van der Waals surface area contributed by atoms with Gasteiger partial charge in [-0.15, -0.1) is 0 Å². The van der Waals surface area contributed by atoms with Crippen LogP contribution in [0.15, 0.2) is 54.9 Å². The van der Waals surface area contributed by atoms with Crippen molar-refractivity contribution < 1.29 is 9.90 Å². The lowest BCUT2D eigenvalue weighted by atomic mass is 10.1. The molecule has 0 fully saturated rings. The molecule has 0 saturated heterocycles. The van der Waals surface area contributed by atoms with Crippen LogP contribution < -0.4 is 0 Å². The van der Waals surface area contributed by atoms with Crippen molar-refractivity contribution in [3.8, 4) is 29.0 Å². The number of amides is 1. The van der Waals surface area contributed by atoms with Crippen molar-refractivity contribution in [1.82, 2.24) is 34.2 Å². The Hall–Kier alpha value is -4.88. The van der Waals surface area contributed by atoms with E-state index >= 15 is 0 Å². The molecule has 10 heteroatoms. The molecule has 1 aliphatic rings. The number of nitrogens with zero attached hydrogens (tertiary/aromatic N) is 8. The molecule has 1 aliphatic heterocycles. The van der Waals surface area contributed by atoms with Gasteiger partial charge in [-0.1, -0.05) is 12.1 Å². The average molecular weight is 491 g/mol. The summed E-state index contributed by atoms with van der Waals surface area (Å²) in [7, 11) is 1.77. The average Bonchev–Trinajstić information content (AvgIpc) is 3.58. The Kier molecular flexibility index (Phi) is 5.10. The number of aryl methyl sites for hydroxylation is 1. The first-order chi connectivity index (χ1) is 17.8. The number of carbonyl (C=O) groups is 1. The maximum atomic E-state index is 12.5. The summed E-state index contributed by atoms with van der Waals surface area (Å²) >= 11 is 0. The third-order valence-corrected chi connectivity index (χ3v) is 6.57. The minimum atomic E-state index is -0.788. The summed E-state index contributed by atoms with van der Waals surface area (Å²) in [6.45, 7) is 4.06. The van der Waals surface area contributed by atoms with Gasteiger partial charge in [-0.3, -0.25) is 9.36 Å². The number of fused-ring (bicyclic) bond motifs is 2. The normalized spacial score (nSPS) is 13.7. The Bertz CT molecular complexity index is 1760. The fourth-order valence-corrected chi connectivity index (χ4v) is 4.64. The summed E-state index contributed by atoms with van der Waals surface area (Å²) in [6.07, 6.45) is 0.901. The van der Waals surface area contributed by atoms with E-state index in [0.717, 1.165) is 27.9 Å². The van der Waals surface area contributed by atoms with Crippen LogP contribution in [0.5, 0.6) is 0 Å². The van der Waals surface area contributed by atoms with E-state index in [-0.39, 0.29) is 11.6 Å². The zero-order valence-electron chi connectivity index (χ0n) is 20.4. The highest BCUT2D eigenvalue weighted by Gasteiger charge is 2.26. The number of aliphatic hydroxyl groups is 1. The number of hydrogen-bond acceptors (Lipinski definition) is 7. The van der Waals surface area contributed by atoms with Gasteiger partial charge >= 0.3 is 0 Å². The number of aliphatic hydroxyl groups excluding tert-OH is 1. The molecule has 5 aromatic rings. The molecule has 1 N–H and O–H groups in total. The van der Waals surface area contributed by atoms with Crippen molar-refractivity contribution in [3.05, 3.63) is 83.1 Å². The lowest BCUT2D eigenvalue weighted by Crippen LogP contribution is -2.18. The Balaban J connectivity index is 1.47. The molecule has 0 saturated carbocycles. The van der Waals surface area contributed by atoms with Crippen molar-refractivity contribution in [2.75, 3.05) is 7.05 Å². The SMILES string of the molecule is Cc1cc(C#N)nn1-c1nc(-n2cnc3ccc(-c4ccc5c(n4)C(=O)N(C)C5)cc32)ccc1C(C)O. The van der Waals surface area contributed by atoms with Crippen molar-refractivity contribution in [3.63, 3.8) is 0 Å². The van der Waals surface area contributed by atoms with Gasteiger partial charge in [0.1, 0.15) is 23.9 Å². The summed E-state index contributed by atoms with van der Waals surface area (Å²) < 4.78 is 3.42. The third kappa shape index (κ3) is 3.64. The molecule has 1 aromatic carbocycles. The fourth-order valence-electron chi connectivity index (χ4n) is 4.64. The molecular formula is C27H22N8O2. The minimum Gasteiger partial charge on any atom is -0.389 e. The number of aromatic nitrogens is 6. The predicted octanol–water partition coefficient (Wildman–Crippen LogP) is 3.49. The van der Waals surface area contributed by atoms with Gasteiger partial charge in [0, 0.05) is 36.0 Å². The van der Waals surface area contributed by atoms with Crippen LogP contribution >= 0.6 is 0 Å². The van der Waals surface area contributed by atoms with E-state index in [9.17, 15) is 15.2 Å². The molecule has 10 nitrogen and oxygen atoms in total. The van der Waals surface area contributed by atoms with Crippen LogP contribution in [-0.2, 0) is 6.54 Å². The van der Waals surface area contributed by atoms with Gasteiger partial charge in [0.25, 0.3) is 5.91 Å². The molecule has 0 spiro atoms. The molecule has 1 unspecified atom stereocenters. The van der Waals surface area contributed by atoms with Crippen LogP contribution in [0.3, 0.4) is 0 Å². The van der Waals surface area contributed by atoms with E-state index in [1.807, 2.05) is 54.0 Å². The van der Waals surface area contributed by atoms with Crippen LogP contribution in [0.2, 0.25) is 0 Å². The fraction of sp³-hybridized carbons (Fsp3) is 0.185. The zero-order chi connectivity index (χ0) is 25.8. The summed E-state index contributed by atoms with van der Waals surface area (Å²) in [5, 5.41) is 24.0. The Morgan fingerprint density at radius 3 is 2.70 bits per heavy atom. The molecule has 6 rings (SSSR count). The minimum absolute atomic E-state index is 0.0774. The monoisotopic (exact) mass is 490 g/mol. The summed E-state index contributed by atoms with van der Waals surface area (Å²) in [6, 6.07) is 17.0. The highest BCUT2D eigenvalue weighted by Crippen LogP contribution is 2.29. The second-order valence-electron chi connectivity index (χ2n) is 9.14. The third-order valence-electron chi connectivity index (χ3n) is 6.57. The van der Waals surface area contributed by atoms with Gasteiger partial charge in [-0.25, -0.2) is 19.6 Å². The van der Waals surface area contributed by atoms with Gasteiger partial charge in [0.2, 0.25) is 0 Å². The van der Waals surface area contributed by atoms with E-state index in [0.29, 0.717) is 35.1 Å². The van der Waals surface area contributed by atoms with Crippen molar-refractivity contribution >= 4 is 16.9 Å². The summed E-state index contributed by atoms with van der Waals surface area (Å²) in [5.41, 5.74) is 6.11. The number of nitriles is 1. The number of imidazole rings is 1. The summed E-state index contributed by atoms with van der Waals surface area (Å²) in [4.78, 5) is 28.1. The second-order valence-corrected chi connectivity index (χ2v) is 9.14. The Morgan fingerprint density at radius 1 is 1.11 bits per heavy atom. The highest BCUT2D eigenvalue weighted by molar-refractivity contribution is 5.97. The molecular weight excluding hydrogens is 468 g/mol. The van der Waals surface area contributed by atoms with E-state index in [1.54, 1.807) is 42.0 Å².